The molecule has 5 N–H and O–H groups in total. The molecular weight excluding hydrogens is 332 g/mol. The number of carbonyl (C=O) groups excluding carboxylic acids is 2. The summed E-state index contributed by atoms with van der Waals surface area (Å²) in [5, 5.41) is 4.41. The highest BCUT2D eigenvalue weighted by molar-refractivity contribution is 5.98. The number of anilines is 3. The van der Waals surface area contributed by atoms with Crippen LogP contribution < -0.4 is 21.9 Å². The van der Waals surface area contributed by atoms with Crippen molar-refractivity contribution in [3.05, 3.63) is 41.1 Å². The molecule has 0 saturated heterocycles. The molecule has 2 rings (SSSR count). The van der Waals surface area contributed by atoms with Gasteiger partial charge in [-0.15, -0.1) is 0 Å². The normalized spacial score (nSPS) is 13.0. The number of hydrazine groups is 1. The third-order valence-corrected chi connectivity index (χ3v) is 4.17. The molecule has 0 fully saturated rings. The van der Waals surface area contributed by atoms with Gasteiger partial charge in [-0.05, 0) is 44.0 Å². The first-order valence-electron chi connectivity index (χ1n) is 8.24. The van der Waals surface area contributed by atoms with E-state index in [1.165, 1.54) is 11.2 Å². The average molecular weight is 356 g/mol. The fraction of sp³-hybridized carbons (Fsp3) is 0.333. The van der Waals surface area contributed by atoms with Crippen molar-refractivity contribution in [2.45, 2.75) is 33.7 Å². The van der Waals surface area contributed by atoms with Crippen LogP contribution in [0.25, 0.3) is 0 Å². The first-order chi connectivity index (χ1) is 12.2. The van der Waals surface area contributed by atoms with Crippen molar-refractivity contribution in [1.82, 2.24) is 9.97 Å². The Bertz CT molecular complexity index is 803. The minimum atomic E-state index is -0.652. The lowest BCUT2D eigenvalue weighted by Gasteiger charge is -2.26. The molecule has 0 radical (unpaired) electrons. The first-order valence-corrected chi connectivity index (χ1v) is 8.24. The minimum Gasteiger partial charge on any atom is -0.365 e. The molecule has 138 valence electrons. The zero-order valence-corrected chi connectivity index (χ0v) is 15.4. The molecule has 0 aliphatic carbocycles. The molecule has 26 heavy (non-hydrogen) atoms. The molecule has 2 atom stereocenters. The van der Waals surface area contributed by atoms with Crippen LogP contribution in [0.4, 0.5) is 17.5 Å². The molecule has 8 nitrogen and oxygen atoms in total. The Morgan fingerprint density at radius 3 is 2.38 bits per heavy atom. The molecule has 8 heteroatoms. The monoisotopic (exact) mass is 356 g/mol. The number of benzene rings is 1. The van der Waals surface area contributed by atoms with Gasteiger partial charge in [0, 0.05) is 17.8 Å². The molecule has 0 aliphatic heterocycles. The van der Waals surface area contributed by atoms with Gasteiger partial charge in [0.25, 0.3) is 5.91 Å². The Hall–Kier alpha value is -3.00. The fourth-order valence-corrected chi connectivity index (χ4v) is 2.51. The number of primary amides is 1. The number of amides is 1. The SMILES string of the molecule is Cc1cc(C)cc(Nc2nc(N(N)[C@H](C)C(C)C=O)ncc2C(N)=O)c1. The predicted octanol–water partition coefficient (Wildman–Crippen LogP) is 1.84. The van der Waals surface area contributed by atoms with Gasteiger partial charge < -0.3 is 15.8 Å². The number of hydrogen-bond donors (Lipinski definition) is 3. The van der Waals surface area contributed by atoms with E-state index >= 15 is 0 Å². The number of nitrogens with two attached hydrogens (primary N) is 2. The van der Waals surface area contributed by atoms with Gasteiger partial charge in [0.05, 0.1) is 6.04 Å². The van der Waals surface area contributed by atoms with Crippen LogP contribution in [0.5, 0.6) is 0 Å². The second-order valence-electron chi connectivity index (χ2n) is 6.44. The van der Waals surface area contributed by atoms with Gasteiger partial charge >= 0.3 is 0 Å². The molecular formula is C18H24N6O2. The van der Waals surface area contributed by atoms with Crippen LogP contribution in [0, 0.1) is 19.8 Å². The number of nitrogens with one attached hydrogen (secondary N) is 1. The number of aromatic nitrogens is 2. The van der Waals surface area contributed by atoms with Crippen LogP contribution in [0.15, 0.2) is 24.4 Å². The van der Waals surface area contributed by atoms with Crippen molar-refractivity contribution in [2.24, 2.45) is 17.5 Å². The highest BCUT2D eigenvalue weighted by Gasteiger charge is 2.21. The second kappa shape index (κ2) is 7.92. The predicted molar refractivity (Wildman–Crippen MR) is 101 cm³/mol. The molecule has 0 spiro atoms. The molecule has 1 unspecified atom stereocenters. The van der Waals surface area contributed by atoms with Crippen molar-refractivity contribution >= 4 is 29.6 Å². The topological polar surface area (TPSA) is 127 Å². The van der Waals surface area contributed by atoms with Crippen LogP contribution in [0.1, 0.15) is 35.3 Å². The highest BCUT2D eigenvalue weighted by Crippen LogP contribution is 2.23. The third-order valence-electron chi connectivity index (χ3n) is 4.17. The maximum absolute atomic E-state index is 11.7. The number of aryl methyl sites for hydroxylation is 2. The Morgan fingerprint density at radius 2 is 1.85 bits per heavy atom. The van der Waals surface area contributed by atoms with Crippen molar-refractivity contribution in [2.75, 3.05) is 10.3 Å². The second-order valence-corrected chi connectivity index (χ2v) is 6.44. The van der Waals surface area contributed by atoms with E-state index in [0.717, 1.165) is 23.1 Å². The summed E-state index contributed by atoms with van der Waals surface area (Å²) in [4.78, 5) is 31.2. The van der Waals surface area contributed by atoms with Crippen LogP contribution in [0.3, 0.4) is 0 Å². The minimum absolute atomic E-state index is 0.150. The summed E-state index contributed by atoms with van der Waals surface area (Å²) in [7, 11) is 0. The lowest BCUT2D eigenvalue weighted by Crippen LogP contribution is -2.44. The van der Waals surface area contributed by atoms with E-state index in [9.17, 15) is 9.59 Å². The van der Waals surface area contributed by atoms with E-state index in [2.05, 4.69) is 15.3 Å². The number of carbonyl (C=O) groups is 2. The quantitative estimate of drug-likeness (QED) is 0.392. The number of nitrogens with zero attached hydrogens (tertiary/aromatic N) is 3. The summed E-state index contributed by atoms with van der Waals surface area (Å²) in [5.74, 6) is 5.54. The van der Waals surface area contributed by atoms with E-state index < -0.39 is 5.91 Å². The van der Waals surface area contributed by atoms with E-state index in [-0.39, 0.29) is 29.3 Å². The van der Waals surface area contributed by atoms with Gasteiger partial charge in [-0.1, -0.05) is 13.0 Å². The van der Waals surface area contributed by atoms with Crippen molar-refractivity contribution < 1.29 is 9.59 Å². The van der Waals surface area contributed by atoms with Crippen LogP contribution in [-0.4, -0.2) is 28.2 Å². The number of rotatable bonds is 7. The summed E-state index contributed by atoms with van der Waals surface area (Å²) in [6.07, 6.45) is 2.14. The molecule has 0 bridgehead atoms. The molecule has 1 heterocycles. The first kappa shape index (κ1) is 19.3. The van der Waals surface area contributed by atoms with Gasteiger partial charge in [0.2, 0.25) is 5.95 Å². The molecule has 0 saturated carbocycles. The maximum atomic E-state index is 11.7. The van der Waals surface area contributed by atoms with Gasteiger partial charge in [-0.2, -0.15) is 4.98 Å². The summed E-state index contributed by atoms with van der Waals surface area (Å²) in [6.45, 7) is 7.50. The number of hydrogen-bond acceptors (Lipinski definition) is 7. The molecule has 1 aromatic heterocycles. The Balaban J connectivity index is 2.42. The molecule has 0 aliphatic rings. The summed E-state index contributed by atoms with van der Waals surface area (Å²) >= 11 is 0. The zero-order chi connectivity index (χ0) is 19.4. The van der Waals surface area contributed by atoms with Gasteiger partial charge in [-0.25, -0.2) is 10.8 Å². The standard InChI is InChI=1S/C18H24N6O2/c1-10-5-11(2)7-14(6-10)22-17-15(16(19)26)8-21-18(23-17)24(20)13(4)12(3)9-25/h5-9,12-13H,20H2,1-4H3,(H2,19,26)(H,21,22,23)/t12?,13-/m1/s1. The highest BCUT2D eigenvalue weighted by atomic mass is 16.1. The lowest BCUT2D eigenvalue weighted by molar-refractivity contribution is -0.111. The van der Waals surface area contributed by atoms with E-state index in [1.807, 2.05) is 32.0 Å². The fourth-order valence-electron chi connectivity index (χ4n) is 2.51. The maximum Gasteiger partial charge on any atom is 0.254 e. The van der Waals surface area contributed by atoms with Crippen LogP contribution in [0.2, 0.25) is 0 Å². The lowest BCUT2D eigenvalue weighted by atomic mass is 10.1. The smallest absolute Gasteiger partial charge is 0.254 e. The summed E-state index contributed by atoms with van der Waals surface area (Å²) in [6, 6.07) is 5.57. The molecule has 1 aromatic carbocycles. The Kier molecular flexibility index (Phi) is 5.89. The van der Waals surface area contributed by atoms with Crippen LogP contribution >= 0.6 is 0 Å². The number of aldehydes is 1. The van der Waals surface area contributed by atoms with Crippen molar-refractivity contribution in [3.8, 4) is 0 Å². The Morgan fingerprint density at radius 1 is 1.23 bits per heavy atom. The van der Waals surface area contributed by atoms with Crippen LogP contribution in [-0.2, 0) is 4.79 Å². The van der Waals surface area contributed by atoms with Gasteiger partial charge in [-0.3, -0.25) is 9.80 Å². The van der Waals surface area contributed by atoms with Crippen molar-refractivity contribution in [3.63, 3.8) is 0 Å². The summed E-state index contributed by atoms with van der Waals surface area (Å²) in [5.41, 5.74) is 8.49. The Labute approximate surface area is 152 Å². The summed E-state index contributed by atoms with van der Waals surface area (Å²) < 4.78 is 0. The average Bonchev–Trinajstić information content (AvgIpc) is 2.58. The van der Waals surface area contributed by atoms with Gasteiger partial charge in [0.1, 0.15) is 17.7 Å². The van der Waals surface area contributed by atoms with Crippen molar-refractivity contribution in [1.29, 1.82) is 0 Å². The molecule has 2 aromatic rings. The third kappa shape index (κ3) is 4.34. The van der Waals surface area contributed by atoms with E-state index in [0.29, 0.717) is 0 Å². The van der Waals surface area contributed by atoms with E-state index in [1.54, 1.807) is 13.8 Å². The largest absolute Gasteiger partial charge is 0.365 e. The van der Waals surface area contributed by atoms with Gasteiger partial charge in [0.15, 0.2) is 0 Å². The van der Waals surface area contributed by atoms with E-state index in [4.69, 9.17) is 11.6 Å². The molecule has 1 amide bonds. The zero-order valence-electron chi connectivity index (χ0n) is 15.4.